The summed E-state index contributed by atoms with van der Waals surface area (Å²) >= 11 is 6.19. The van der Waals surface area contributed by atoms with Gasteiger partial charge in [-0.2, -0.15) is 0 Å². The number of ether oxygens (including phenoxy) is 2. The van der Waals surface area contributed by atoms with Crippen molar-refractivity contribution in [2.24, 2.45) is 5.73 Å². The van der Waals surface area contributed by atoms with E-state index >= 15 is 0 Å². The van der Waals surface area contributed by atoms with Crippen LogP contribution in [0.4, 0.5) is 5.69 Å². The summed E-state index contributed by atoms with van der Waals surface area (Å²) in [6, 6.07) is 9.79. The minimum absolute atomic E-state index is 0.250. The van der Waals surface area contributed by atoms with Gasteiger partial charge in [-0.05, 0) is 18.2 Å². The monoisotopic (exact) mass is 304 g/mol. The van der Waals surface area contributed by atoms with Crippen molar-refractivity contribution < 1.29 is 14.3 Å². The summed E-state index contributed by atoms with van der Waals surface area (Å²) in [4.78, 5) is 11.6. The lowest BCUT2D eigenvalue weighted by atomic mass is 10.1. The highest BCUT2D eigenvalue weighted by molar-refractivity contribution is 6.32. The smallest absolute Gasteiger partial charge is 0.245 e. The maximum Gasteiger partial charge on any atom is 0.245 e. The third-order valence-electron chi connectivity index (χ3n) is 3.25. The van der Waals surface area contributed by atoms with E-state index in [4.69, 9.17) is 26.8 Å². The number of fused-ring (bicyclic) bond motifs is 1. The Morgan fingerprint density at radius 1 is 1.24 bits per heavy atom. The average Bonchev–Trinajstić information content (AvgIpc) is 2.75. The van der Waals surface area contributed by atoms with Gasteiger partial charge in [0.05, 0.1) is 12.1 Å². The van der Waals surface area contributed by atoms with E-state index in [-0.39, 0.29) is 5.91 Å². The van der Waals surface area contributed by atoms with Gasteiger partial charge in [0.15, 0.2) is 0 Å². The Balaban J connectivity index is 1.93. The second-order valence-corrected chi connectivity index (χ2v) is 5.03. The molecular weight excluding hydrogens is 292 g/mol. The molecule has 2 aromatic carbocycles. The van der Waals surface area contributed by atoms with E-state index < -0.39 is 6.04 Å². The molecular formula is C15H13ClN2O3. The third-order valence-corrected chi connectivity index (χ3v) is 3.54. The largest absolute Gasteiger partial charge is 0.497 e. The molecule has 108 valence electrons. The van der Waals surface area contributed by atoms with Crippen LogP contribution in [0.5, 0.6) is 17.2 Å². The van der Waals surface area contributed by atoms with Crippen molar-refractivity contribution in [2.45, 2.75) is 6.04 Å². The van der Waals surface area contributed by atoms with Gasteiger partial charge in [0.25, 0.3) is 0 Å². The first-order valence-electron chi connectivity index (χ1n) is 6.30. The molecule has 2 aromatic rings. The van der Waals surface area contributed by atoms with E-state index in [0.717, 1.165) is 0 Å². The topological polar surface area (TPSA) is 73.6 Å². The highest BCUT2D eigenvalue weighted by atomic mass is 35.5. The van der Waals surface area contributed by atoms with Crippen LogP contribution in [0.2, 0.25) is 5.02 Å². The molecule has 0 spiro atoms. The lowest BCUT2D eigenvalue weighted by Crippen LogP contribution is -2.19. The first-order valence-corrected chi connectivity index (χ1v) is 6.68. The molecule has 1 atom stereocenters. The number of rotatable bonds is 3. The molecule has 0 aromatic heterocycles. The van der Waals surface area contributed by atoms with Gasteiger partial charge in [-0.15, -0.1) is 0 Å². The molecule has 1 amide bonds. The van der Waals surface area contributed by atoms with Gasteiger partial charge in [-0.25, -0.2) is 0 Å². The fourth-order valence-electron chi connectivity index (χ4n) is 2.16. The second-order valence-electron chi connectivity index (χ2n) is 4.62. The number of hydrogen-bond donors (Lipinski definition) is 2. The Labute approximate surface area is 126 Å². The Morgan fingerprint density at radius 3 is 2.76 bits per heavy atom. The van der Waals surface area contributed by atoms with Crippen LogP contribution in [0, 0.1) is 0 Å². The summed E-state index contributed by atoms with van der Waals surface area (Å²) in [5.74, 6) is 1.46. The maximum absolute atomic E-state index is 11.6. The number of benzene rings is 2. The quantitative estimate of drug-likeness (QED) is 0.914. The van der Waals surface area contributed by atoms with Gasteiger partial charge < -0.3 is 20.5 Å². The van der Waals surface area contributed by atoms with Crippen molar-refractivity contribution in [3.8, 4) is 17.2 Å². The number of methoxy groups -OCH3 is 1. The van der Waals surface area contributed by atoms with Gasteiger partial charge in [-0.1, -0.05) is 17.7 Å². The summed E-state index contributed by atoms with van der Waals surface area (Å²) in [5.41, 5.74) is 7.06. The number of amides is 1. The van der Waals surface area contributed by atoms with Crippen LogP contribution in [-0.2, 0) is 4.79 Å². The molecule has 5 nitrogen and oxygen atoms in total. The van der Waals surface area contributed by atoms with E-state index in [9.17, 15) is 4.79 Å². The van der Waals surface area contributed by atoms with E-state index in [0.29, 0.717) is 33.5 Å². The molecule has 6 heteroatoms. The Bertz CT molecular complexity index is 718. The van der Waals surface area contributed by atoms with Crippen molar-refractivity contribution in [3.05, 3.63) is 47.0 Å². The fourth-order valence-corrected chi connectivity index (χ4v) is 2.37. The van der Waals surface area contributed by atoms with Crippen LogP contribution < -0.4 is 20.5 Å². The van der Waals surface area contributed by atoms with Gasteiger partial charge in [0, 0.05) is 23.4 Å². The van der Waals surface area contributed by atoms with Crippen molar-refractivity contribution in [3.63, 3.8) is 0 Å². The Kier molecular flexibility index (Phi) is 3.45. The van der Waals surface area contributed by atoms with Gasteiger partial charge in [0.2, 0.25) is 5.91 Å². The molecule has 0 saturated heterocycles. The van der Waals surface area contributed by atoms with E-state index in [1.165, 1.54) is 0 Å². The second kappa shape index (κ2) is 5.27. The van der Waals surface area contributed by atoms with E-state index in [1.54, 1.807) is 31.4 Å². The molecule has 3 N–H and O–H groups in total. The summed E-state index contributed by atoms with van der Waals surface area (Å²) in [6.45, 7) is 0. The van der Waals surface area contributed by atoms with Crippen LogP contribution in [0.1, 0.15) is 11.6 Å². The Morgan fingerprint density at radius 2 is 2.00 bits per heavy atom. The zero-order valence-corrected chi connectivity index (χ0v) is 12.0. The number of carbonyl (C=O) groups excluding carboxylic acids is 1. The number of hydrogen-bond acceptors (Lipinski definition) is 4. The number of nitrogens with one attached hydrogen (secondary N) is 1. The molecule has 1 unspecified atom stereocenters. The van der Waals surface area contributed by atoms with Crippen LogP contribution in [-0.4, -0.2) is 13.0 Å². The zero-order valence-electron chi connectivity index (χ0n) is 11.2. The summed E-state index contributed by atoms with van der Waals surface area (Å²) in [6.07, 6.45) is 0. The summed E-state index contributed by atoms with van der Waals surface area (Å²) in [5, 5.41) is 3.09. The molecule has 1 aliphatic heterocycles. The summed E-state index contributed by atoms with van der Waals surface area (Å²) < 4.78 is 10.9. The first kappa shape index (κ1) is 13.7. The van der Waals surface area contributed by atoms with Crippen LogP contribution in [0.15, 0.2) is 36.4 Å². The van der Waals surface area contributed by atoms with Gasteiger partial charge >= 0.3 is 0 Å². The predicted molar refractivity (Wildman–Crippen MR) is 80.1 cm³/mol. The molecule has 0 bridgehead atoms. The number of nitrogens with two attached hydrogens (primary N) is 1. The molecule has 0 fully saturated rings. The number of anilines is 1. The van der Waals surface area contributed by atoms with Crippen molar-refractivity contribution >= 4 is 23.2 Å². The summed E-state index contributed by atoms with van der Waals surface area (Å²) in [7, 11) is 1.58. The minimum Gasteiger partial charge on any atom is -0.497 e. The fraction of sp³-hybridized carbons (Fsp3) is 0.133. The standard InChI is InChI=1S/C15H13ClN2O3/c1-20-8-3-2-4-9(5-8)21-13-7-12-10(6-11(13)16)14(17)15(19)18-12/h2-7,14H,17H2,1H3,(H,18,19). The van der Waals surface area contributed by atoms with Crippen molar-refractivity contribution in [1.29, 1.82) is 0 Å². The molecule has 0 aliphatic carbocycles. The van der Waals surface area contributed by atoms with Crippen molar-refractivity contribution in [1.82, 2.24) is 0 Å². The Hall–Kier alpha value is -2.24. The molecule has 0 saturated carbocycles. The average molecular weight is 305 g/mol. The van der Waals surface area contributed by atoms with Crippen LogP contribution in [0.3, 0.4) is 0 Å². The zero-order chi connectivity index (χ0) is 15.0. The van der Waals surface area contributed by atoms with E-state index in [2.05, 4.69) is 5.32 Å². The number of carbonyl (C=O) groups is 1. The highest BCUT2D eigenvalue weighted by Gasteiger charge is 2.28. The van der Waals surface area contributed by atoms with E-state index in [1.807, 2.05) is 12.1 Å². The molecule has 1 aliphatic rings. The molecule has 1 heterocycles. The minimum atomic E-state index is -0.691. The number of halogens is 1. The van der Waals surface area contributed by atoms with Crippen molar-refractivity contribution in [2.75, 3.05) is 12.4 Å². The van der Waals surface area contributed by atoms with Crippen LogP contribution in [0.25, 0.3) is 0 Å². The lowest BCUT2D eigenvalue weighted by Gasteiger charge is -2.11. The maximum atomic E-state index is 11.6. The first-order chi connectivity index (χ1) is 10.1. The SMILES string of the molecule is COc1cccc(Oc2cc3c(cc2Cl)C(N)C(=O)N3)c1. The highest BCUT2D eigenvalue weighted by Crippen LogP contribution is 2.39. The van der Waals surface area contributed by atoms with Gasteiger partial charge in [0.1, 0.15) is 23.3 Å². The predicted octanol–water partition coefficient (Wildman–Crippen LogP) is 3.09. The van der Waals surface area contributed by atoms with Crippen LogP contribution >= 0.6 is 11.6 Å². The molecule has 3 rings (SSSR count). The normalized spacial score (nSPS) is 16.3. The molecule has 21 heavy (non-hydrogen) atoms. The lowest BCUT2D eigenvalue weighted by molar-refractivity contribution is -0.116. The molecule has 0 radical (unpaired) electrons. The van der Waals surface area contributed by atoms with Gasteiger partial charge in [-0.3, -0.25) is 4.79 Å². The third kappa shape index (κ3) is 2.53.